The minimum atomic E-state index is -4.48. The molecule has 1 unspecified atom stereocenters. The summed E-state index contributed by atoms with van der Waals surface area (Å²) in [5, 5.41) is 9.53. The van der Waals surface area contributed by atoms with E-state index in [4.69, 9.17) is 4.74 Å². The van der Waals surface area contributed by atoms with Crippen molar-refractivity contribution in [2.45, 2.75) is 25.3 Å². The molecule has 2 rings (SSSR count). The molecule has 2 atom stereocenters. The molecule has 1 aromatic rings. The first-order valence-corrected chi connectivity index (χ1v) is 4.77. The first-order valence-electron chi connectivity index (χ1n) is 4.77. The highest BCUT2D eigenvalue weighted by Gasteiger charge is 2.35. The van der Waals surface area contributed by atoms with E-state index in [1.807, 2.05) is 0 Å². The topological polar surface area (TPSA) is 42.4 Å². The monoisotopic (exact) mass is 233 g/mol. The van der Waals surface area contributed by atoms with Crippen molar-refractivity contribution in [3.8, 4) is 0 Å². The summed E-state index contributed by atoms with van der Waals surface area (Å²) in [7, 11) is 0. The van der Waals surface area contributed by atoms with Gasteiger partial charge < -0.3 is 9.84 Å². The number of alkyl halides is 3. The second-order valence-corrected chi connectivity index (χ2v) is 3.66. The molecular formula is C10H10F3NO2. The number of aromatic nitrogens is 1. The molecular weight excluding hydrogens is 223 g/mol. The maximum Gasteiger partial charge on any atom is 0.433 e. The molecule has 0 amide bonds. The number of ether oxygens (including phenoxy) is 1. The van der Waals surface area contributed by atoms with Gasteiger partial charge in [-0.3, -0.25) is 0 Å². The molecule has 0 fully saturated rings. The number of nitrogens with zero attached hydrogens (tertiary/aromatic N) is 1. The molecule has 88 valence electrons. The second kappa shape index (κ2) is 3.71. The number of hydrogen-bond donors (Lipinski definition) is 1. The first kappa shape index (κ1) is 11.3. The summed E-state index contributed by atoms with van der Waals surface area (Å²) in [5.74, 6) is 0. The third kappa shape index (κ3) is 1.90. The quantitative estimate of drug-likeness (QED) is 0.747. The van der Waals surface area contributed by atoms with Gasteiger partial charge in [0.25, 0.3) is 0 Å². The molecule has 0 aromatic carbocycles. The van der Waals surface area contributed by atoms with E-state index < -0.39 is 24.1 Å². The molecule has 2 heterocycles. The summed E-state index contributed by atoms with van der Waals surface area (Å²) >= 11 is 0. The first-order chi connectivity index (χ1) is 7.39. The Kier molecular flexibility index (Phi) is 2.63. The van der Waals surface area contributed by atoms with Crippen molar-refractivity contribution in [2.75, 3.05) is 6.61 Å². The highest BCUT2D eigenvalue weighted by molar-refractivity contribution is 5.29. The molecule has 1 aromatic heterocycles. The van der Waals surface area contributed by atoms with E-state index in [9.17, 15) is 18.3 Å². The van der Waals surface area contributed by atoms with Crippen molar-refractivity contribution in [2.24, 2.45) is 0 Å². The molecule has 1 N–H and O–H groups in total. The average molecular weight is 233 g/mol. The lowest BCUT2D eigenvalue weighted by Gasteiger charge is -2.26. The molecule has 3 nitrogen and oxygen atoms in total. The highest BCUT2D eigenvalue weighted by Crippen LogP contribution is 2.34. The fourth-order valence-electron chi connectivity index (χ4n) is 1.66. The molecule has 16 heavy (non-hydrogen) atoms. The summed E-state index contributed by atoms with van der Waals surface area (Å²) in [6, 6.07) is 2.13. The van der Waals surface area contributed by atoms with Crippen LogP contribution in [0.15, 0.2) is 12.1 Å². The predicted octanol–water partition coefficient (Wildman–Crippen LogP) is 2.23. The van der Waals surface area contributed by atoms with Crippen LogP contribution >= 0.6 is 0 Å². The minimum absolute atomic E-state index is 0.0845. The summed E-state index contributed by atoms with van der Waals surface area (Å²) in [6.07, 6.45) is -5.90. The van der Waals surface area contributed by atoms with Gasteiger partial charge in [-0.15, -0.1) is 0 Å². The van der Waals surface area contributed by atoms with Crippen LogP contribution in [-0.4, -0.2) is 16.7 Å². The van der Waals surface area contributed by atoms with Crippen LogP contribution in [-0.2, 0) is 10.9 Å². The third-order valence-electron chi connectivity index (χ3n) is 2.50. The normalized spacial score (nSPS) is 25.3. The average Bonchev–Trinajstić information content (AvgIpc) is 2.22. The van der Waals surface area contributed by atoms with Gasteiger partial charge >= 0.3 is 6.18 Å². The van der Waals surface area contributed by atoms with E-state index >= 15 is 0 Å². The maximum atomic E-state index is 12.4. The Bertz CT molecular complexity index is 406. The summed E-state index contributed by atoms with van der Waals surface area (Å²) in [6.45, 7) is 1.69. The summed E-state index contributed by atoms with van der Waals surface area (Å²) in [5.41, 5.74) is -0.392. The zero-order valence-corrected chi connectivity index (χ0v) is 8.45. The molecule has 1 aliphatic heterocycles. The summed E-state index contributed by atoms with van der Waals surface area (Å²) in [4.78, 5) is 3.51. The fourth-order valence-corrected chi connectivity index (χ4v) is 1.66. The molecule has 0 aliphatic carbocycles. The van der Waals surface area contributed by atoms with Gasteiger partial charge in [0.1, 0.15) is 11.8 Å². The maximum absolute atomic E-state index is 12.4. The van der Waals surface area contributed by atoms with Gasteiger partial charge in [0.05, 0.1) is 18.4 Å². The van der Waals surface area contributed by atoms with Gasteiger partial charge in [-0.05, 0) is 13.0 Å². The number of pyridine rings is 1. The van der Waals surface area contributed by atoms with E-state index in [0.717, 1.165) is 6.07 Å². The number of aliphatic hydroxyl groups is 1. The van der Waals surface area contributed by atoms with Crippen LogP contribution in [0.5, 0.6) is 0 Å². The number of aliphatic hydroxyl groups excluding tert-OH is 1. The molecule has 0 saturated heterocycles. The van der Waals surface area contributed by atoms with Crippen molar-refractivity contribution in [3.63, 3.8) is 0 Å². The standard InChI is InChI=1S/C10H10F3NO2/c1-5-9-6(7(15)4-16-5)2-3-8(14-9)10(11,12)13/h2-3,5,7,15H,4H2,1H3/t5-,7?/m1/s1. The van der Waals surface area contributed by atoms with Crippen molar-refractivity contribution in [1.29, 1.82) is 0 Å². The Hall–Kier alpha value is -1.14. The smallest absolute Gasteiger partial charge is 0.386 e. The lowest BCUT2D eigenvalue weighted by molar-refractivity contribution is -0.141. The Morgan fingerprint density at radius 3 is 2.75 bits per heavy atom. The van der Waals surface area contributed by atoms with Crippen LogP contribution < -0.4 is 0 Å². The van der Waals surface area contributed by atoms with E-state index in [0.29, 0.717) is 5.56 Å². The van der Waals surface area contributed by atoms with Crippen molar-refractivity contribution in [3.05, 3.63) is 29.1 Å². The van der Waals surface area contributed by atoms with E-state index in [2.05, 4.69) is 4.98 Å². The van der Waals surface area contributed by atoms with Gasteiger partial charge in [-0.2, -0.15) is 13.2 Å². The SMILES string of the molecule is C[C@H]1OCC(O)c2ccc(C(F)(F)F)nc21. The summed E-state index contributed by atoms with van der Waals surface area (Å²) < 4.78 is 42.4. The second-order valence-electron chi connectivity index (χ2n) is 3.66. The van der Waals surface area contributed by atoms with Gasteiger partial charge in [-0.1, -0.05) is 6.07 Å². The molecule has 6 heteroatoms. The molecule has 0 bridgehead atoms. The van der Waals surface area contributed by atoms with Crippen molar-refractivity contribution >= 4 is 0 Å². The van der Waals surface area contributed by atoms with Gasteiger partial charge in [0.2, 0.25) is 0 Å². The van der Waals surface area contributed by atoms with E-state index in [1.165, 1.54) is 6.07 Å². The molecule has 0 spiro atoms. The molecule has 0 radical (unpaired) electrons. The van der Waals surface area contributed by atoms with Crippen LogP contribution in [0.1, 0.15) is 36.1 Å². The Balaban J connectivity index is 2.48. The van der Waals surface area contributed by atoms with Crippen LogP contribution in [0.2, 0.25) is 0 Å². The lowest BCUT2D eigenvalue weighted by atomic mass is 10.0. The number of rotatable bonds is 0. The Labute approximate surface area is 89.9 Å². The zero-order valence-electron chi connectivity index (χ0n) is 8.45. The number of halogens is 3. The lowest BCUT2D eigenvalue weighted by Crippen LogP contribution is -2.22. The van der Waals surface area contributed by atoms with E-state index in [1.54, 1.807) is 6.92 Å². The van der Waals surface area contributed by atoms with Gasteiger partial charge in [-0.25, -0.2) is 4.98 Å². The Morgan fingerprint density at radius 1 is 1.44 bits per heavy atom. The van der Waals surface area contributed by atoms with Crippen LogP contribution in [0.4, 0.5) is 13.2 Å². The Morgan fingerprint density at radius 2 is 2.12 bits per heavy atom. The van der Waals surface area contributed by atoms with Gasteiger partial charge in [0, 0.05) is 5.56 Å². The van der Waals surface area contributed by atoms with Gasteiger partial charge in [0.15, 0.2) is 0 Å². The highest BCUT2D eigenvalue weighted by atomic mass is 19.4. The van der Waals surface area contributed by atoms with Crippen molar-refractivity contribution < 1.29 is 23.0 Å². The number of fused-ring (bicyclic) bond motifs is 1. The largest absolute Gasteiger partial charge is 0.433 e. The third-order valence-corrected chi connectivity index (χ3v) is 2.50. The van der Waals surface area contributed by atoms with Crippen LogP contribution in [0.25, 0.3) is 0 Å². The fraction of sp³-hybridized carbons (Fsp3) is 0.500. The predicted molar refractivity (Wildman–Crippen MR) is 48.6 cm³/mol. The van der Waals surface area contributed by atoms with Crippen LogP contribution in [0, 0.1) is 0 Å². The van der Waals surface area contributed by atoms with Crippen molar-refractivity contribution in [1.82, 2.24) is 4.98 Å². The van der Waals surface area contributed by atoms with E-state index in [-0.39, 0.29) is 12.3 Å². The van der Waals surface area contributed by atoms with Crippen LogP contribution in [0.3, 0.4) is 0 Å². The molecule has 0 saturated carbocycles. The number of hydrogen-bond acceptors (Lipinski definition) is 3. The zero-order chi connectivity index (χ0) is 11.9. The minimum Gasteiger partial charge on any atom is -0.386 e. The molecule has 1 aliphatic rings.